The van der Waals surface area contributed by atoms with Crippen molar-refractivity contribution < 1.29 is 14.2 Å². The lowest BCUT2D eigenvalue weighted by Crippen LogP contribution is -2.29. The number of benzene rings is 1. The van der Waals surface area contributed by atoms with Crippen LogP contribution in [0, 0.1) is 5.82 Å². The van der Waals surface area contributed by atoms with Crippen LogP contribution < -0.4 is 0 Å². The Balaban J connectivity index is 2.74. The molecule has 1 atom stereocenters. The molecule has 2 nitrogen and oxygen atoms in total. The maximum Gasteiger partial charge on any atom is 0.126 e. The zero-order valence-electron chi connectivity index (χ0n) is 9.46. The number of rotatable bonds is 5. The lowest BCUT2D eigenvalue weighted by atomic mass is 9.93. The fourth-order valence-electron chi connectivity index (χ4n) is 1.50. The van der Waals surface area contributed by atoms with Crippen LogP contribution in [0.25, 0.3) is 0 Å². The monoisotopic (exact) mass is 290 g/mol. The smallest absolute Gasteiger partial charge is 0.126 e. The summed E-state index contributed by atoms with van der Waals surface area (Å²) in [6.07, 6.45) is 0.761. The topological polar surface area (TPSA) is 29.5 Å². The normalized spacial score (nSPS) is 14.8. The Morgan fingerprint density at radius 1 is 1.50 bits per heavy atom. The number of ether oxygens (including phenoxy) is 1. The Morgan fingerprint density at radius 2 is 2.19 bits per heavy atom. The summed E-state index contributed by atoms with van der Waals surface area (Å²) in [5.74, 6) is -0.291. The number of hydrogen-bond donors (Lipinski definition) is 1. The van der Waals surface area contributed by atoms with Crippen molar-refractivity contribution in [2.45, 2.75) is 25.4 Å². The molecule has 0 aromatic heterocycles. The maximum atomic E-state index is 13.5. The van der Waals surface area contributed by atoms with Crippen LogP contribution in [0.5, 0.6) is 0 Å². The van der Waals surface area contributed by atoms with Gasteiger partial charge in [0.2, 0.25) is 0 Å². The van der Waals surface area contributed by atoms with E-state index in [-0.39, 0.29) is 12.2 Å². The molecule has 4 heteroatoms. The quantitative estimate of drug-likeness (QED) is 0.904. The Bertz CT molecular complexity index is 353. The Hall–Kier alpha value is -0.450. The minimum absolute atomic E-state index is 0.279. The van der Waals surface area contributed by atoms with Crippen LogP contribution in [0.2, 0.25) is 0 Å². The summed E-state index contributed by atoms with van der Waals surface area (Å²) in [6.45, 7) is 2.15. The average Bonchev–Trinajstić information content (AvgIpc) is 2.20. The number of hydrogen-bond acceptors (Lipinski definition) is 2. The van der Waals surface area contributed by atoms with E-state index in [1.54, 1.807) is 26.2 Å². The molecule has 0 fully saturated rings. The Labute approximate surface area is 104 Å². The molecule has 0 radical (unpaired) electrons. The number of halogens is 2. The summed E-state index contributed by atoms with van der Waals surface area (Å²) in [5, 5.41) is 10.1. The molecule has 1 unspecified atom stereocenters. The molecule has 0 spiro atoms. The van der Waals surface area contributed by atoms with Crippen LogP contribution in [0.1, 0.15) is 18.9 Å². The molecule has 0 aliphatic heterocycles. The van der Waals surface area contributed by atoms with Gasteiger partial charge in [0.15, 0.2) is 0 Å². The van der Waals surface area contributed by atoms with Crippen molar-refractivity contribution >= 4 is 15.9 Å². The van der Waals surface area contributed by atoms with Crippen molar-refractivity contribution in [2.24, 2.45) is 0 Å². The summed E-state index contributed by atoms with van der Waals surface area (Å²) >= 11 is 3.28. The van der Waals surface area contributed by atoms with Gasteiger partial charge in [0, 0.05) is 24.6 Å². The minimum Gasteiger partial charge on any atom is -0.390 e. The van der Waals surface area contributed by atoms with E-state index in [1.807, 2.05) is 0 Å². The first kappa shape index (κ1) is 13.6. The molecule has 1 N–H and O–H groups in total. The first-order valence-corrected chi connectivity index (χ1v) is 5.89. The average molecular weight is 291 g/mol. The fourth-order valence-corrected chi connectivity index (χ4v) is 1.91. The van der Waals surface area contributed by atoms with Crippen molar-refractivity contribution in [1.82, 2.24) is 0 Å². The fraction of sp³-hybridized carbons (Fsp3) is 0.500. The highest BCUT2D eigenvalue weighted by molar-refractivity contribution is 9.10. The molecule has 1 aromatic carbocycles. The molecule has 1 rings (SSSR count). The zero-order chi connectivity index (χ0) is 12.2. The summed E-state index contributed by atoms with van der Waals surface area (Å²) in [4.78, 5) is 0. The van der Waals surface area contributed by atoms with E-state index in [1.165, 1.54) is 6.07 Å². The third kappa shape index (κ3) is 4.20. The standard InChI is InChI=1S/C12H16BrFO2/c1-12(15,5-6-16-2)8-9-7-10(13)3-4-11(9)14/h3-4,7,15H,5-6,8H2,1-2H3. The van der Waals surface area contributed by atoms with E-state index in [2.05, 4.69) is 15.9 Å². The van der Waals surface area contributed by atoms with Gasteiger partial charge in [-0.3, -0.25) is 0 Å². The largest absolute Gasteiger partial charge is 0.390 e. The van der Waals surface area contributed by atoms with Crippen LogP contribution >= 0.6 is 15.9 Å². The SMILES string of the molecule is COCCC(C)(O)Cc1cc(Br)ccc1F. The third-order valence-corrected chi connectivity index (χ3v) is 2.92. The predicted octanol–water partition coefficient (Wildman–Crippen LogP) is 2.92. The second-order valence-electron chi connectivity index (χ2n) is 4.15. The molecule has 90 valence electrons. The highest BCUT2D eigenvalue weighted by Gasteiger charge is 2.22. The predicted molar refractivity (Wildman–Crippen MR) is 64.9 cm³/mol. The molecule has 0 heterocycles. The van der Waals surface area contributed by atoms with Crippen LogP contribution in [-0.4, -0.2) is 24.4 Å². The van der Waals surface area contributed by atoms with Gasteiger partial charge in [-0.1, -0.05) is 15.9 Å². The molecule has 0 saturated heterocycles. The van der Waals surface area contributed by atoms with Gasteiger partial charge in [-0.25, -0.2) is 4.39 Å². The first-order valence-electron chi connectivity index (χ1n) is 5.10. The van der Waals surface area contributed by atoms with Crippen molar-refractivity contribution in [3.05, 3.63) is 34.1 Å². The summed E-state index contributed by atoms with van der Waals surface area (Å²) in [6, 6.07) is 4.73. The van der Waals surface area contributed by atoms with E-state index >= 15 is 0 Å². The van der Waals surface area contributed by atoms with Crippen LogP contribution in [-0.2, 0) is 11.2 Å². The maximum absolute atomic E-state index is 13.5. The van der Waals surface area contributed by atoms with E-state index in [0.29, 0.717) is 18.6 Å². The molecule has 0 aliphatic rings. The Kier molecular flexibility index (Phi) is 4.89. The van der Waals surface area contributed by atoms with Crippen LogP contribution in [0.3, 0.4) is 0 Å². The highest BCUT2D eigenvalue weighted by atomic mass is 79.9. The second kappa shape index (κ2) is 5.75. The first-order chi connectivity index (χ1) is 7.44. The van der Waals surface area contributed by atoms with Gasteiger partial charge in [-0.2, -0.15) is 0 Å². The van der Waals surface area contributed by atoms with Gasteiger partial charge in [0.1, 0.15) is 5.82 Å². The molecule has 0 amide bonds. The van der Waals surface area contributed by atoms with Gasteiger partial charge >= 0.3 is 0 Å². The summed E-state index contributed by atoms with van der Waals surface area (Å²) < 4.78 is 19.2. The molecular formula is C12H16BrFO2. The molecular weight excluding hydrogens is 275 g/mol. The van der Waals surface area contributed by atoms with Crippen molar-refractivity contribution in [2.75, 3.05) is 13.7 Å². The van der Waals surface area contributed by atoms with Crippen LogP contribution in [0.4, 0.5) is 4.39 Å². The van der Waals surface area contributed by atoms with Gasteiger partial charge < -0.3 is 9.84 Å². The minimum atomic E-state index is -0.947. The lowest BCUT2D eigenvalue weighted by Gasteiger charge is -2.23. The summed E-state index contributed by atoms with van der Waals surface area (Å²) in [7, 11) is 1.58. The molecule has 1 aromatic rings. The number of aliphatic hydroxyl groups is 1. The number of methoxy groups -OCH3 is 1. The van der Waals surface area contributed by atoms with Gasteiger partial charge in [-0.05, 0) is 37.1 Å². The van der Waals surface area contributed by atoms with Crippen LogP contribution in [0.15, 0.2) is 22.7 Å². The Morgan fingerprint density at radius 3 is 2.81 bits per heavy atom. The molecule has 0 saturated carbocycles. The second-order valence-corrected chi connectivity index (χ2v) is 5.07. The summed E-state index contributed by atoms with van der Waals surface area (Å²) in [5.41, 5.74) is -0.437. The van der Waals surface area contributed by atoms with Crippen molar-refractivity contribution in [3.63, 3.8) is 0 Å². The molecule has 0 aliphatic carbocycles. The highest BCUT2D eigenvalue weighted by Crippen LogP contribution is 2.22. The third-order valence-electron chi connectivity index (χ3n) is 2.42. The molecule has 0 bridgehead atoms. The van der Waals surface area contributed by atoms with Gasteiger partial charge in [-0.15, -0.1) is 0 Å². The molecule has 16 heavy (non-hydrogen) atoms. The lowest BCUT2D eigenvalue weighted by molar-refractivity contribution is 0.0242. The van der Waals surface area contributed by atoms with E-state index in [0.717, 1.165) is 4.47 Å². The zero-order valence-corrected chi connectivity index (χ0v) is 11.1. The van der Waals surface area contributed by atoms with E-state index < -0.39 is 5.60 Å². The van der Waals surface area contributed by atoms with E-state index in [4.69, 9.17) is 4.74 Å². The van der Waals surface area contributed by atoms with Crippen molar-refractivity contribution in [3.8, 4) is 0 Å². The van der Waals surface area contributed by atoms with E-state index in [9.17, 15) is 9.50 Å². The van der Waals surface area contributed by atoms with Gasteiger partial charge in [0.05, 0.1) is 5.60 Å². The van der Waals surface area contributed by atoms with Crippen molar-refractivity contribution in [1.29, 1.82) is 0 Å². The van der Waals surface area contributed by atoms with Gasteiger partial charge in [0.25, 0.3) is 0 Å².